The number of amides is 2. The van der Waals surface area contributed by atoms with Gasteiger partial charge in [-0.3, -0.25) is 0 Å². The summed E-state index contributed by atoms with van der Waals surface area (Å²) in [7, 11) is 0. The van der Waals surface area contributed by atoms with Crippen LogP contribution in [0.25, 0.3) is 10.8 Å². The third-order valence-corrected chi connectivity index (χ3v) is 5.52. The Morgan fingerprint density at radius 2 is 2.04 bits per heavy atom. The summed E-state index contributed by atoms with van der Waals surface area (Å²) in [4.78, 5) is 16.0. The fourth-order valence-electron chi connectivity index (χ4n) is 3.31. The van der Waals surface area contributed by atoms with Crippen LogP contribution in [0.3, 0.4) is 0 Å². The highest BCUT2D eigenvalue weighted by Gasteiger charge is 2.23. The van der Waals surface area contributed by atoms with Crippen molar-refractivity contribution in [2.75, 3.05) is 18.5 Å². The van der Waals surface area contributed by atoms with Gasteiger partial charge in [0.15, 0.2) is 0 Å². The van der Waals surface area contributed by atoms with Crippen LogP contribution in [0.1, 0.15) is 17.7 Å². The summed E-state index contributed by atoms with van der Waals surface area (Å²) >= 11 is 1.67. The van der Waals surface area contributed by atoms with E-state index in [-0.39, 0.29) is 12.1 Å². The van der Waals surface area contributed by atoms with Crippen LogP contribution in [0.15, 0.2) is 60.0 Å². The predicted octanol–water partition coefficient (Wildman–Crippen LogP) is 5.11. The summed E-state index contributed by atoms with van der Waals surface area (Å²) in [5.74, 6) is 0. The van der Waals surface area contributed by atoms with E-state index in [1.807, 2.05) is 46.7 Å². The van der Waals surface area contributed by atoms with Crippen LogP contribution in [-0.4, -0.2) is 30.2 Å². The van der Waals surface area contributed by atoms with E-state index >= 15 is 0 Å². The number of hydrogen-bond acceptors (Lipinski definition) is 3. The normalized spacial score (nSPS) is 16.7. The number of ether oxygens (including phenoxy) is 1. The van der Waals surface area contributed by atoms with Crippen molar-refractivity contribution >= 4 is 33.8 Å². The number of benzene rings is 2. The molecular formula is C21H22N2O2S. The Morgan fingerprint density at radius 1 is 1.15 bits per heavy atom. The number of fused-ring (bicyclic) bond motifs is 1. The number of nitrogens with zero attached hydrogens (tertiary/aromatic N) is 1. The first-order chi connectivity index (χ1) is 12.8. The lowest BCUT2D eigenvalue weighted by atomic mass is 10.1. The SMILES string of the molecule is O=C(Nc1ccc2ccccc2c1)N(Cc1cccs1)CC1CCCO1. The molecule has 26 heavy (non-hydrogen) atoms. The van der Waals surface area contributed by atoms with Crippen molar-refractivity contribution in [3.05, 3.63) is 64.9 Å². The van der Waals surface area contributed by atoms with Crippen molar-refractivity contribution in [1.82, 2.24) is 4.90 Å². The Morgan fingerprint density at radius 3 is 2.81 bits per heavy atom. The highest BCUT2D eigenvalue weighted by atomic mass is 32.1. The van der Waals surface area contributed by atoms with Crippen molar-refractivity contribution < 1.29 is 9.53 Å². The second-order valence-electron chi connectivity index (χ2n) is 6.59. The monoisotopic (exact) mass is 366 g/mol. The van der Waals surface area contributed by atoms with Gasteiger partial charge in [0.25, 0.3) is 0 Å². The number of nitrogens with one attached hydrogen (secondary N) is 1. The number of carbonyl (C=O) groups excluding carboxylic acids is 1. The Hall–Kier alpha value is -2.37. The Labute approximate surface area is 157 Å². The molecule has 2 aromatic carbocycles. The molecule has 1 N–H and O–H groups in total. The van der Waals surface area contributed by atoms with E-state index in [2.05, 4.69) is 23.5 Å². The van der Waals surface area contributed by atoms with Crippen LogP contribution < -0.4 is 5.32 Å². The molecule has 1 saturated heterocycles. The van der Waals surface area contributed by atoms with E-state index in [0.29, 0.717) is 13.1 Å². The van der Waals surface area contributed by atoms with Gasteiger partial charge in [0.2, 0.25) is 0 Å². The van der Waals surface area contributed by atoms with E-state index in [0.717, 1.165) is 30.5 Å². The van der Waals surface area contributed by atoms with E-state index in [1.165, 1.54) is 10.3 Å². The van der Waals surface area contributed by atoms with Gasteiger partial charge in [-0.05, 0) is 47.2 Å². The van der Waals surface area contributed by atoms with E-state index in [4.69, 9.17) is 4.74 Å². The molecule has 1 unspecified atom stereocenters. The minimum atomic E-state index is -0.0795. The van der Waals surface area contributed by atoms with Crippen LogP contribution in [0.5, 0.6) is 0 Å². The molecule has 0 aliphatic carbocycles. The third kappa shape index (κ3) is 4.06. The zero-order valence-electron chi connectivity index (χ0n) is 14.6. The van der Waals surface area contributed by atoms with Crippen LogP contribution >= 0.6 is 11.3 Å². The molecule has 1 aliphatic rings. The molecule has 2 amide bonds. The van der Waals surface area contributed by atoms with Gasteiger partial charge in [0, 0.05) is 23.7 Å². The number of urea groups is 1. The lowest BCUT2D eigenvalue weighted by Gasteiger charge is -2.25. The van der Waals surface area contributed by atoms with Crippen LogP contribution in [0.4, 0.5) is 10.5 Å². The zero-order chi connectivity index (χ0) is 17.8. The average molecular weight is 366 g/mol. The molecule has 4 rings (SSSR count). The van der Waals surface area contributed by atoms with Gasteiger partial charge in [-0.2, -0.15) is 0 Å². The molecule has 5 heteroatoms. The van der Waals surface area contributed by atoms with E-state index < -0.39 is 0 Å². The maximum Gasteiger partial charge on any atom is 0.322 e. The molecule has 1 fully saturated rings. The molecule has 2 heterocycles. The molecule has 3 aromatic rings. The van der Waals surface area contributed by atoms with Gasteiger partial charge in [-0.15, -0.1) is 11.3 Å². The molecule has 134 valence electrons. The summed E-state index contributed by atoms with van der Waals surface area (Å²) in [6.45, 7) is 2.03. The van der Waals surface area contributed by atoms with Gasteiger partial charge in [0.1, 0.15) is 0 Å². The average Bonchev–Trinajstić information content (AvgIpc) is 3.35. The predicted molar refractivity (Wildman–Crippen MR) is 107 cm³/mol. The van der Waals surface area contributed by atoms with Crippen molar-refractivity contribution in [1.29, 1.82) is 0 Å². The first-order valence-electron chi connectivity index (χ1n) is 8.97. The number of thiophene rings is 1. The minimum Gasteiger partial charge on any atom is -0.376 e. The number of anilines is 1. The van der Waals surface area contributed by atoms with Crippen LogP contribution in [0, 0.1) is 0 Å². The van der Waals surface area contributed by atoms with Gasteiger partial charge < -0.3 is 15.0 Å². The molecule has 4 nitrogen and oxygen atoms in total. The smallest absolute Gasteiger partial charge is 0.322 e. The minimum absolute atomic E-state index is 0.0795. The second-order valence-corrected chi connectivity index (χ2v) is 7.62. The molecular weight excluding hydrogens is 344 g/mol. The molecule has 0 saturated carbocycles. The fraction of sp³-hybridized carbons (Fsp3) is 0.286. The van der Waals surface area contributed by atoms with Gasteiger partial charge in [-0.25, -0.2) is 4.79 Å². The van der Waals surface area contributed by atoms with Crippen LogP contribution in [-0.2, 0) is 11.3 Å². The quantitative estimate of drug-likeness (QED) is 0.681. The highest BCUT2D eigenvalue weighted by molar-refractivity contribution is 7.09. The largest absolute Gasteiger partial charge is 0.376 e. The zero-order valence-corrected chi connectivity index (χ0v) is 15.4. The first kappa shape index (κ1) is 17.1. The second kappa shape index (κ2) is 7.89. The van der Waals surface area contributed by atoms with Crippen molar-refractivity contribution in [2.24, 2.45) is 0 Å². The highest BCUT2D eigenvalue weighted by Crippen LogP contribution is 2.21. The molecule has 0 radical (unpaired) electrons. The summed E-state index contributed by atoms with van der Waals surface area (Å²) in [5.41, 5.74) is 0.817. The summed E-state index contributed by atoms with van der Waals surface area (Å²) < 4.78 is 5.74. The van der Waals surface area contributed by atoms with Crippen LogP contribution in [0.2, 0.25) is 0 Å². The third-order valence-electron chi connectivity index (χ3n) is 4.66. The molecule has 0 bridgehead atoms. The lowest BCUT2D eigenvalue weighted by molar-refractivity contribution is 0.0821. The Bertz CT molecular complexity index is 873. The van der Waals surface area contributed by atoms with Gasteiger partial charge in [0.05, 0.1) is 12.6 Å². The fourth-order valence-corrected chi connectivity index (χ4v) is 4.03. The maximum atomic E-state index is 12.9. The number of carbonyl (C=O) groups is 1. The number of rotatable bonds is 5. The van der Waals surface area contributed by atoms with Gasteiger partial charge >= 0.3 is 6.03 Å². The Kier molecular flexibility index (Phi) is 5.18. The van der Waals surface area contributed by atoms with Crippen molar-refractivity contribution in [2.45, 2.75) is 25.5 Å². The van der Waals surface area contributed by atoms with E-state index in [1.54, 1.807) is 11.3 Å². The topological polar surface area (TPSA) is 41.6 Å². The maximum absolute atomic E-state index is 12.9. The number of hydrogen-bond donors (Lipinski definition) is 1. The standard InChI is InChI=1S/C21H22N2O2S/c24-21(22-18-10-9-16-5-1-2-6-17(16)13-18)23(14-19-7-3-11-25-19)15-20-8-4-12-26-20/h1-2,4-6,8-10,12-13,19H,3,7,11,14-15H2,(H,22,24). The molecule has 0 spiro atoms. The molecule has 1 aromatic heterocycles. The summed E-state index contributed by atoms with van der Waals surface area (Å²) in [5, 5.41) is 7.39. The van der Waals surface area contributed by atoms with Gasteiger partial charge in [-0.1, -0.05) is 36.4 Å². The Balaban J connectivity index is 1.50. The van der Waals surface area contributed by atoms with E-state index in [9.17, 15) is 4.79 Å². The van der Waals surface area contributed by atoms with Crippen molar-refractivity contribution in [3.63, 3.8) is 0 Å². The summed E-state index contributed by atoms with van der Waals surface area (Å²) in [6, 6.07) is 18.2. The lowest BCUT2D eigenvalue weighted by Crippen LogP contribution is -2.39. The first-order valence-corrected chi connectivity index (χ1v) is 9.84. The van der Waals surface area contributed by atoms with Crippen molar-refractivity contribution in [3.8, 4) is 0 Å². The molecule has 1 atom stereocenters. The summed E-state index contributed by atoms with van der Waals surface area (Å²) in [6.07, 6.45) is 2.23. The molecule has 1 aliphatic heterocycles.